The van der Waals surface area contributed by atoms with E-state index in [1.165, 1.54) is 19.2 Å². The van der Waals surface area contributed by atoms with Crippen molar-refractivity contribution >= 4 is 17.5 Å². The Balaban J connectivity index is 2.07. The summed E-state index contributed by atoms with van der Waals surface area (Å²) in [7, 11) is 1.03. The van der Waals surface area contributed by atoms with Crippen molar-refractivity contribution in [1.82, 2.24) is 4.98 Å². The zero-order valence-corrected chi connectivity index (χ0v) is 17.7. The molecular weight excluding hydrogens is 453 g/mol. The molecule has 1 aromatic carbocycles. The fraction of sp³-hybridized carbons (Fsp3) is 0.381. The first-order valence-electron chi connectivity index (χ1n) is 9.65. The molecule has 0 bridgehead atoms. The number of rotatable bonds is 5. The predicted molar refractivity (Wildman–Crippen MR) is 106 cm³/mol. The summed E-state index contributed by atoms with van der Waals surface area (Å²) >= 11 is 0. The summed E-state index contributed by atoms with van der Waals surface area (Å²) in [5.74, 6) is -7.94. The van der Waals surface area contributed by atoms with Crippen LogP contribution in [0.4, 0.5) is 27.6 Å². The van der Waals surface area contributed by atoms with Crippen molar-refractivity contribution < 1.29 is 41.0 Å². The van der Waals surface area contributed by atoms with Gasteiger partial charge in [0.15, 0.2) is 17.2 Å². The summed E-state index contributed by atoms with van der Waals surface area (Å²) in [4.78, 5) is 28.1. The zero-order valence-electron chi connectivity index (χ0n) is 17.7. The highest BCUT2D eigenvalue weighted by Gasteiger charge is 2.65. The number of carbonyl (C=O) groups is 2. The molecule has 1 aliphatic rings. The lowest BCUT2D eigenvalue weighted by Gasteiger charge is -2.32. The Kier molecular flexibility index (Phi) is 6.33. The van der Waals surface area contributed by atoms with Crippen LogP contribution >= 0.6 is 0 Å². The molecular formula is C21H20F5N3O4. The summed E-state index contributed by atoms with van der Waals surface area (Å²) in [5, 5.41) is 2.36. The molecule has 1 fully saturated rings. The highest BCUT2D eigenvalue weighted by atomic mass is 19.4. The molecule has 178 valence electrons. The van der Waals surface area contributed by atoms with Gasteiger partial charge in [0.25, 0.3) is 11.8 Å². The lowest BCUT2D eigenvalue weighted by molar-refractivity contribution is -0.272. The van der Waals surface area contributed by atoms with Gasteiger partial charge >= 0.3 is 6.18 Å². The van der Waals surface area contributed by atoms with E-state index < -0.39 is 58.9 Å². The molecule has 2 amide bonds. The van der Waals surface area contributed by atoms with E-state index >= 15 is 0 Å². The number of nitrogens with two attached hydrogens (primary N) is 1. The summed E-state index contributed by atoms with van der Waals surface area (Å²) in [5.41, 5.74) is 2.04. The molecule has 3 N–H and O–H groups in total. The number of halogens is 5. The SMILES string of the molecule is COc1c([C@@H]2[C@@H](C(=O)Nc3ccnc(C(N)=O)c3)O[C@@](C)(C(F)(F)F)[C@H]2C)ccc(F)c1F. The lowest BCUT2D eigenvalue weighted by atomic mass is 9.77. The topological polar surface area (TPSA) is 104 Å². The number of nitrogens with zero attached hydrogens (tertiary/aromatic N) is 1. The van der Waals surface area contributed by atoms with Gasteiger partial charge in [-0.15, -0.1) is 0 Å². The Hall–Kier alpha value is -3.28. The van der Waals surface area contributed by atoms with Crippen molar-refractivity contribution in [3.05, 3.63) is 53.4 Å². The number of anilines is 1. The average molecular weight is 473 g/mol. The van der Waals surface area contributed by atoms with Crippen molar-refractivity contribution in [3.8, 4) is 5.75 Å². The Morgan fingerprint density at radius 3 is 2.48 bits per heavy atom. The maximum Gasteiger partial charge on any atom is 0.417 e. The van der Waals surface area contributed by atoms with Crippen molar-refractivity contribution in [2.75, 3.05) is 12.4 Å². The molecule has 2 aromatic rings. The maximum absolute atomic E-state index is 14.4. The van der Waals surface area contributed by atoms with Gasteiger partial charge in [-0.25, -0.2) is 4.39 Å². The van der Waals surface area contributed by atoms with Gasteiger partial charge in [-0.05, 0) is 25.1 Å². The molecule has 0 radical (unpaired) electrons. The van der Waals surface area contributed by atoms with E-state index in [0.717, 1.165) is 32.2 Å². The lowest BCUT2D eigenvalue weighted by Crippen LogP contribution is -2.47. The van der Waals surface area contributed by atoms with Gasteiger partial charge in [0.05, 0.1) is 7.11 Å². The van der Waals surface area contributed by atoms with Crippen LogP contribution in [0.15, 0.2) is 30.5 Å². The van der Waals surface area contributed by atoms with Crippen LogP contribution in [0.3, 0.4) is 0 Å². The van der Waals surface area contributed by atoms with E-state index in [1.54, 1.807) is 0 Å². The third-order valence-corrected chi connectivity index (χ3v) is 5.85. The molecule has 0 aliphatic carbocycles. The molecule has 0 unspecified atom stereocenters. The number of hydrogen-bond donors (Lipinski definition) is 2. The average Bonchev–Trinajstić information content (AvgIpc) is 3.02. The maximum atomic E-state index is 14.4. The molecule has 1 aromatic heterocycles. The molecule has 12 heteroatoms. The van der Waals surface area contributed by atoms with Gasteiger partial charge in [0.1, 0.15) is 11.8 Å². The van der Waals surface area contributed by atoms with Crippen molar-refractivity contribution in [2.24, 2.45) is 11.7 Å². The molecule has 0 saturated carbocycles. The number of ether oxygens (including phenoxy) is 2. The van der Waals surface area contributed by atoms with Gasteiger partial charge in [-0.2, -0.15) is 17.6 Å². The number of methoxy groups -OCH3 is 1. The minimum atomic E-state index is -4.89. The van der Waals surface area contributed by atoms with E-state index in [2.05, 4.69) is 10.3 Å². The van der Waals surface area contributed by atoms with Gasteiger partial charge in [-0.3, -0.25) is 14.6 Å². The first-order chi connectivity index (χ1) is 15.3. The zero-order chi connectivity index (χ0) is 24.7. The Labute approximate surface area is 185 Å². The predicted octanol–water partition coefficient (Wildman–Crippen LogP) is 3.55. The van der Waals surface area contributed by atoms with Crippen LogP contribution in [-0.2, 0) is 9.53 Å². The number of amides is 2. The van der Waals surface area contributed by atoms with Gasteiger partial charge in [0.2, 0.25) is 5.82 Å². The Morgan fingerprint density at radius 2 is 1.91 bits per heavy atom. The molecule has 1 aliphatic heterocycles. The third kappa shape index (κ3) is 4.22. The minimum absolute atomic E-state index is 0.0247. The molecule has 3 rings (SSSR count). The molecule has 33 heavy (non-hydrogen) atoms. The van der Waals surface area contributed by atoms with E-state index in [1.807, 2.05) is 0 Å². The summed E-state index contributed by atoms with van der Waals surface area (Å²) in [6.45, 7) is 1.98. The first-order valence-corrected chi connectivity index (χ1v) is 9.65. The molecule has 7 nitrogen and oxygen atoms in total. The summed E-state index contributed by atoms with van der Waals surface area (Å²) < 4.78 is 80.1. The van der Waals surface area contributed by atoms with Crippen molar-refractivity contribution in [3.63, 3.8) is 0 Å². The number of hydrogen-bond acceptors (Lipinski definition) is 5. The smallest absolute Gasteiger partial charge is 0.417 e. The van der Waals surface area contributed by atoms with E-state index in [9.17, 15) is 31.5 Å². The van der Waals surface area contributed by atoms with Crippen LogP contribution in [-0.4, -0.2) is 41.8 Å². The van der Waals surface area contributed by atoms with Gasteiger partial charge in [-0.1, -0.05) is 13.0 Å². The highest BCUT2D eigenvalue weighted by Crippen LogP contribution is 2.55. The molecule has 1 saturated heterocycles. The molecule has 2 heterocycles. The van der Waals surface area contributed by atoms with Crippen LogP contribution in [0.2, 0.25) is 0 Å². The first kappa shape index (κ1) is 24.4. The Bertz CT molecular complexity index is 1090. The fourth-order valence-electron chi connectivity index (χ4n) is 3.90. The molecule has 4 atom stereocenters. The van der Waals surface area contributed by atoms with Gasteiger partial charge < -0.3 is 20.5 Å². The van der Waals surface area contributed by atoms with Crippen LogP contribution < -0.4 is 15.8 Å². The quantitative estimate of drug-likeness (QED) is 0.647. The van der Waals surface area contributed by atoms with Crippen LogP contribution in [0.25, 0.3) is 0 Å². The van der Waals surface area contributed by atoms with Crippen molar-refractivity contribution in [2.45, 2.75) is 37.6 Å². The van der Waals surface area contributed by atoms with E-state index in [4.69, 9.17) is 15.2 Å². The summed E-state index contributed by atoms with van der Waals surface area (Å²) in [6, 6.07) is 4.22. The second-order valence-corrected chi connectivity index (χ2v) is 7.72. The third-order valence-electron chi connectivity index (χ3n) is 5.85. The van der Waals surface area contributed by atoms with E-state index in [-0.39, 0.29) is 16.9 Å². The number of primary amides is 1. The van der Waals surface area contributed by atoms with Crippen LogP contribution in [0.5, 0.6) is 5.75 Å². The number of pyridine rings is 1. The number of alkyl halides is 3. The summed E-state index contributed by atoms with van der Waals surface area (Å²) in [6.07, 6.45) is -5.49. The standard InChI is InChI=1S/C21H20F5N3O4/c1-9-14(11-4-5-12(22)15(23)16(11)32-3)17(33-20(9,2)21(24,25)26)19(31)29-10-6-7-28-13(8-10)18(27)30/h4-9,14,17H,1-3H3,(H2,27,30)(H,28,29,31)/t9-,14+,17-,20+/m0/s1. The van der Waals surface area contributed by atoms with E-state index in [0.29, 0.717) is 0 Å². The number of benzene rings is 1. The van der Waals surface area contributed by atoms with Crippen molar-refractivity contribution in [1.29, 1.82) is 0 Å². The van der Waals surface area contributed by atoms with Crippen LogP contribution in [0.1, 0.15) is 35.8 Å². The fourth-order valence-corrected chi connectivity index (χ4v) is 3.90. The largest absolute Gasteiger partial charge is 0.493 e. The monoisotopic (exact) mass is 473 g/mol. The highest BCUT2D eigenvalue weighted by molar-refractivity contribution is 5.97. The number of carbonyl (C=O) groups excluding carboxylic acids is 2. The van der Waals surface area contributed by atoms with Gasteiger partial charge in [0, 0.05) is 29.3 Å². The number of aromatic nitrogens is 1. The number of nitrogens with one attached hydrogen (secondary N) is 1. The normalized spacial score (nSPS) is 25.0. The van der Waals surface area contributed by atoms with Crippen LogP contribution in [0, 0.1) is 17.6 Å². The Morgan fingerprint density at radius 1 is 1.24 bits per heavy atom. The second kappa shape index (κ2) is 8.58. The minimum Gasteiger partial charge on any atom is -0.493 e. The second-order valence-electron chi connectivity index (χ2n) is 7.72. The molecule has 0 spiro atoms.